The van der Waals surface area contributed by atoms with E-state index >= 15 is 0 Å². The fourth-order valence-electron chi connectivity index (χ4n) is 6.96. The molecule has 162 valence electrons. The normalized spacial score (nSPS) is 34.7. The maximum absolute atomic E-state index is 13.1. The maximum Gasteiger partial charge on any atom is 0.246 e. The molecule has 6 heteroatoms. The summed E-state index contributed by atoms with van der Waals surface area (Å²) in [7, 11) is 3.21. The van der Waals surface area contributed by atoms with E-state index in [0.29, 0.717) is 30.9 Å². The molecule has 1 aromatic carbocycles. The van der Waals surface area contributed by atoms with Gasteiger partial charge in [0.1, 0.15) is 0 Å². The van der Waals surface area contributed by atoms with Crippen LogP contribution in [-0.2, 0) is 16.0 Å². The van der Waals surface area contributed by atoms with E-state index in [1.165, 1.54) is 43.4 Å². The van der Waals surface area contributed by atoms with E-state index in [2.05, 4.69) is 5.32 Å². The molecule has 6 nitrogen and oxygen atoms in total. The molecule has 1 saturated heterocycles. The number of hydrogen-bond donors (Lipinski definition) is 1. The third-order valence-electron chi connectivity index (χ3n) is 7.83. The van der Waals surface area contributed by atoms with Crippen LogP contribution in [0, 0.1) is 17.8 Å². The molecule has 4 saturated carbocycles. The topological polar surface area (TPSA) is 67.9 Å². The van der Waals surface area contributed by atoms with Gasteiger partial charge in [0, 0.05) is 12.1 Å². The minimum absolute atomic E-state index is 0.0452. The predicted molar refractivity (Wildman–Crippen MR) is 112 cm³/mol. The second-order valence-electron chi connectivity index (χ2n) is 9.92. The lowest BCUT2D eigenvalue weighted by Gasteiger charge is -2.57. The molecule has 5 fully saturated rings. The average Bonchev–Trinajstić information content (AvgIpc) is 2.97. The number of ether oxygens (including phenoxy) is 2. The Morgan fingerprint density at radius 3 is 2.23 bits per heavy atom. The molecule has 30 heavy (non-hydrogen) atoms. The van der Waals surface area contributed by atoms with Gasteiger partial charge in [-0.15, -0.1) is 0 Å². The fraction of sp³-hybridized carbons (Fsp3) is 0.667. The van der Waals surface area contributed by atoms with Crippen molar-refractivity contribution in [2.24, 2.45) is 17.8 Å². The van der Waals surface area contributed by atoms with Crippen molar-refractivity contribution < 1.29 is 19.1 Å². The molecule has 0 unspecified atom stereocenters. The van der Waals surface area contributed by atoms with Crippen molar-refractivity contribution in [1.82, 2.24) is 10.2 Å². The Bertz CT molecular complexity index is 816. The predicted octanol–water partition coefficient (Wildman–Crippen LogP) is 2.93. The van der Waals surface area contributed by atoms with Crippen LogP contribution in [0.1, 0.15) is 50.5 Å². The maximum atomic E-state index is 13.1. The lowest BCUT2D eigenvalue weighted by atomic mass is 9.53. The molecule has 1 N–H and O–H groups in total. The molecule has 1 heterocycles. The molecule has 0 spiro atoms. The van der Waals surface area contributed by atoms with Gasteiger partial charge >= 0.3 is 0 Å². The van der Waals surface area contributed by atoms with Gasteiger partial charge in [-0.2, -0.15) is 0 Å². The first-order chi connectivity index (χ1) is 14.5. The quantitative estimate of drug-likeness (QED) is 0.698. The van der Waals surface area contributed by atoms with Crippen molar-refractivity contribution in [2.45, 2.75) is 62.9 Å². The highest BCUT2D eigenvalue weighted by atomic mass is 16.5. The molecule has 1 atom stereocenters. The number of amides is 2. The van der Waals surface area contributed by atoms with Crippen molar-refractivity contribution in [1.29, 1.82) is 0 Å². The number of benzene rings is 1. The molecule has 0 aromatic heterocycles. The number of carbonyl (C=O) groups is 2. The first kappa shape index (κ1) is 19.9. The number of rotatable bonds is 7. The number of imide groups is 1. The summed E-state index contributed by atoms with van der Waals surface area (Å²) in [5.41, 5.74) is 1.11. The van der Waals surface area contributed by atoms with E-state index in [4.69, 9.17) is 9.47 Å². The Hall–Kier alpha value is -2.08. The van der Waals surface area contributed by atoms with Crippen LogP contribution in [0.3, 0.4) is 0 Å². The third-order valence-corrected chi connectivity index (χ3v) is 7.83. The Labute approximate surface area is 178 Å². The number of methoxy groups -OCH3 is 2. The van der Waals surface area contributed by atoms with Crippen molar-refractivity contribution >= 4 is 11.8 Å². The van der Waals surface area contributed by atoms with Crippen LogP contribution >= 0.6 is 0 Å². The zero-order valence-electron chi connectivity index (χ0n) is 18.0. The van der Waals surface area contributed by atoms with Gasteiger partial charge in [0.25, 0.3) is 0 Å². The van der Waals surface area contributed by atoms with Gasteiger partial charge in [-0.1, -0.05) is 6.07 Å². The Morgan fingerprint density at radius 2 is 1.63 bits per heavy atom. The van der Waals surface area contributed by atoms with Gasteiger partial charge in [-0.3, -0.25) is 19.8 Å². The molecule has 1 aliphatic heterocycles. The van der Waals surface area contributed by atoms with Gasteiger partial charge < -0.3 is 9.47 Å². The summed E-state index contributed by atoms with van der Waals surface area (Å²) in [6.07, 6.45) is 8.57. The minimum Gasteiger partial charge on any atom is -0.493 e. The van der Waals surface area contributed by atoms with Crippen LogP contribution in [0.15, 0.2) is 18.2 Å². The van der Waals surface area contributed by atoms with Gasteiger partial charge in [0.05, 0.1) is 26.7 Å². The molecule has 4 aliphatic carbocycles. The summed E-state index contributed by atoms with van der Waals surface area (Å²) < 4.78 is 10.6. The Morgan fingerprint density at radius 1 is 1.00 bits per heavy atom. The molecule has 2 amide bonds. The number of nitrogens with zero attached hydrogens (tertiary/aromatic N) is 1. The van der Waals surface area contributed by atoms with E-state index in [0.717, 1.165) is 23.3 Å². The SMILES string of the molecule is COc1ccc(CCN2C(=O)C[C@@H](NC34CC5CC(CC(C5)C3)C4)C2=O)cc1OC. The summed E-state index contributed by atoms with van der Waals surface area (Å²) >= 11 is 0. The molecule has 0 radical (unpaired) electrons. The standard InChI is InChI=1S/C24H32N2O4/c1-29-20-4-3-15(10-21(20)30-2)5-6-26-22(27)11-19(23(26)28)25-24-12-16-7-17(13-24)9-18(8-16)14-24/h3-4,10,16-19,25H,5-9,11-14H2,1-2H3/t16?,17?,18?,19-,24?/m1/s1. The Kier molecular flexibility index (Phi) is 5.00. The van der Waals surface area contributed by atoms with Crippen molar-refractivity contribution in [3.05, 3.63) is 23.8 Å². The van der Waals surface area contributed by atoms with E-state index in [1.54, 1.807) is 14.2 Å². The van der Waals surface area contributed by atoms with Crippen LogP contribution in [-0.4, -0.2) is 49.1 Å². The van der Waals surface area contributed by atoms with E-state index in [9.17, 15) is 9.59 Å². The zero-order chi connectivity index (χ0) is 20.9. The number of carbonyl (C=O) groups excluding carboxylic acids is 2. The molecule has 1 aromatic rings. The first-order valence-electron chi connectivity index (χ1n) is 11.3. The van der Waals surface area contributed by atoms with Crippen LogP contribution in [0.4, 0.5) is 0 Å². The summed E-state index contributed by atoms with van der Waals surface area (Å²) in [6, 6.07) is 5.38. The summed E-state index contributed by atoms with van der Waals surface area (Å²) in [6.45, 7) is 0.409. The monoisotopic (exact) mass is 412 g/mol. The van der Waals surface area contributed by atoms with Crippen LogP contribution in [0.2, 0.25) is 0 Å². The highest BCUT2D eigenvalue weighted by Crippen LogP contribution is 2.55. The van der Waals surface area contributed by atoms with Gasteiger partial charge in [0.2, 0.25) is 11.8 Å². The highest BCUT2D eigenvalue weighted by molar-refractivity contribution is 6.05. The van der Waals surface area contributed by atoms with Gasteiger partial charge in [-0.05, 0) is 80.4 Å². The fourth-order valence-corrected chi connectivity index (χ4v) is 6.96. The van der Waals surface area contributed by atoms with Crippen LogP contribution < -0.4 is 14.8 Å². The molecule has 5 aliphatic rings. The van der Waals surface area contributed by atoms with E-state index in [-0.39, 0.29) is 23.4 Å². The number of nitrogens with one attached hydrogen (secondary N) is 1. The van der Waals surface area contributed by atoms with Crippen molar-refractivity contribution in [2.75, 3.05) is 20.8 Å². The van der Waals surface area contributed by atoms with Crippen LogP contribution in [0.5, 0.6) is 11.5 Å². The largest absolute Gasteiger partial charge is 0.493 e. The Balaban J connectivity index is 1.23. The summed E-state index contributed by atoms with van der Waals surface area (Å²) in [5.74, 6) is 3.69. The number of hydrogen-bond acceptors (Lipinski definition) is 5. The van der Waals surface area contributed by atoms with Crippen LogP contribution in [0.25, 0.3) is 0 Å². The summed E-state index contributed by atoms with van der Waals surface area (Å²) in [5, 5.41) is 3.72. The minimum atomic E-state index is -0.348. The third kappa shape index (κ3) is 3.49. The first-order valence-corrected chi connectivity index (χ1v) is 11.3. The highest BCUT2D eigenvalue weighted by Gasteiger charge is 2.53. The average molecular weight is 413 g/mol. The second kappa shape index (κ2) is 7.56. The molecular formula is C24H32N2O4. The zero-order valence-corrected chi connectivity index (χ0v) is 18.0. The van der Waals surface area contributed by atoms with E-state index < -0.39 is 0 Å². The van der Waals surface area contributed by atoms with Crippen molar-refractivity contribution in [3.63, 3.8) is 0 Å². The smallest absolute Gasteiger partial charge is 0.246 e. The molecule has 6 rings (SSSR count). The van der Waals surface area contributed by atoms with Gasteiger partial charge in [0.15, 0.2) is 11.5 Å². The van der Waals surface area contributed by atoms with Gasteiger partial charge in [-0.25, -0.2) is 0 Å². The van der Waals surface area contributed by atoms with E-state index in [1.807, 2.05) is 18.2 Å². The molecular weight excluding hydrogens is 380 g/mol. The van der Waals surface area contributed by atoms with Crippen molar-refractivity contribution in [3.8, 4) is 11.5 Å². The lowest BCUT2D eigenvalue weighted by Crippen LogP contribution is -2.61. The summed E-state index contributed by atoms with van der Waals surface area (Å²) in [4.78, 5) is 27.2. The molecule has 4 bridgehead atoms. The number of likely N-dealkylation sites (tertiary alicyclic amines) is 1. The second-order valence-corrected chi connectivity index (χ2v) is 9.92. The lowest BCUT2D eigenvalue weighted by molar-refractivity contribution is -0.139.